The fourth-order valence-electron chi connectivity index (χ4n) is 3.93. The number of piperazine rings is 1. The van der Waals surface area contributed by atoms with Crippen molar-refractivity contribution in [1.82, 2.24) is 14.1 Å². The van der Waals surface area contributed by atoms with E-state index >= 15 is 0 Å². The first-order valence-electron chi connectivity index (χ1n) is 10.2. The number of piperidine rings is 1. The summed E-state index contributed by atoms with van der Waals surface area (Å²) in [4.78, 5) is 15.7. The molecule has 2 fully saturated rings. The SMILES string of the molecule is CC(CN1CCN(C)CC1)Nc1ccc(S(=O)(=O)N2CCCCC2)cc1[N+](=O)[O-]. The molecule has 0 amide bonds. The summed E-state index contributed by atoms with van der Waals surface area (Å²) in [6.45, 7) is 7.66. The van der Waals surface area contributed by atoms with Gasteiger partial charge in [0.2, 0.25) is 10.0 Å². The Morgan fingerprint density at radius 3 is 2.38 bits per heavy atom. The average molecular weight is 426 g/mol. The first-order valence-corrected chi connectivity index (χ1v) is 11.7. The predicted octanol–water partition coefficient (Wildman–Crippen LogP) is 1.82. The number of nitro groups is 1. The van der Waals surface area contributed by atoms with Gasteiger partial charge in [-0.2, -0.15) is 4.31 Å². The fraction of sp³-hybridized carbons (Fsp3) is 0.684. The van der Waals surface area contributed by atoms with E-state index < -0.39 is 14.9 Å². The molecular weight excluding hydrogens is 394 g/mol. The van der Waals surface area contributed by atoms with Crippen LogP contribution in [0.3, 0.4) is 0 Å². The van der Waals surface area contributed by atoms with Gasteiger partial charge in [0.25, 0.3) is 5.69 Å². The molecule has 10 heteroatoms. The van der Waals surface area contributed by atoms with Crippen molar-refractivity contribution in [2.45, 2.75) is 37.1 Å². The number of nitrogens with one attached hydrogen (secondary N) is 1. The summed E-state index contributed by atoms with van der Waals surface area (Å²) >= 11 is 0. The molecule has 3 rings (SSSR count). The smallest absolute Gasteiger partial charge is 0.293 e. The monoisotopic (exact) mass is 425 g/mol. The molecule has 0 aliphatic carbocycles. The molecule has 0 saturated carbocycles. The Bertz CT molecular complexity index is 818. The van der Waals surface area contributed by atoms with Crippen LogP contribution >= 0.6 is 0 Å². The summed E-state index contributed by atoms with van der Waals surface area (Å²) in [7, 11) is -1.60. The molecular formula is C19H31N5O4S. The Labute approximate surface area is 172 Å². The Balaban J connectivity index is 1.73. The van der Waals surface area contributed by atoms with Gasteiger partial charge in [0.05, 0.1) is 9.82 Å². The molecule has 0 spiro atoms. The molecule has 1 N–H and O–H groups in total. The van der Waals surface area contributed by atoms with Crippen LogP contribution in [-0.4, -0.2) is 86.3 Å². The maximum atomic E-state index is 12.9. The van der Waals surface area contributed by atoms with Gasteiger partial charge >= 0.3 is 0 Å². The van der Waals surface area contributed by atoms with Crippen LogP contribution in [0.2, 0.25) is 0 Å². The van der Waals surface area contributed by atoms with E-state index in [1.54, 1.807) is 0 Å². The third-order valence-electron chi connectivity index (χ3n) is 5.65. The summed E-state index contributed by atoms with van der Waals surface area (Å²) in [5.41, 5.74) is 0.155. The van der Waals surface area contributed by atoms with Crippen molar-refractivity contribution >= 4 is 21.4 Å². The molecule has 2 saturated heterocycles. The molecule has 1 aromatic rings. The number of rotatable bonds is 7. The van der Waals surface area contributed by atoms with Gasteiger partial charge in [-0.15, -0.1) is 0 Å². The molecule has 1 atom stereocenters. The van der Waals surface area contributed by atoms with E-state index in [1.807, 2.05) is 6.92 Å². The third-order valence-corrected chi connectivity index (χ3v) is 7.54. The van der Waals surface area contributed by atoms with E-state index in [0.717, 1.165) is 52.0 Å². The van der Waals surface area contributed by atoms with E-state index in [2.05, 4.69) is 22.2 Å². The number of hydrogen-bond acceptors (Lipinski definition) is 7. The quantitative estimate of drug-likeness (QED) is 0.525. The van der Waals surface area contributed by atoms with Crippen molar-refractivity contribution in [1.29, 1.82) is 0 Å². The molecule has 1 aromatic carbocycles. The van der Waals surface area contributed by atoms with Crippen LogP contribution in [0.15, 0.2) is 23.1 Å². The van der Waals surface area contributed by atoms with Gasteiger partial charge in [0, 0.05) is 57.9 Å². The lowest BCUT2D eigenvalue weighted by molar-refractivity contribution is -0.384. The number of nitro benzene ring substituents is 1. The molecule has 0 aromatic heterocycles. The van der Waals surface area contributed by atoms with Gasteiger partial charge < -0.3 is 10.2 Å². The molecule has 9 nitrogen and oxygen atoms in total. The highest BCUT2D eigenvalue weighted by Gasteiger charge is 2.29. The topological polar surface area (TPSA) is 99.0 Å². The second-order valence-electron chi connectivity index (χ2n) is 8.05. The largest absolute Gasteiger partial charge is 0.376 e. The highest BCUT2D eigenvalue weighted by molar-refractivity contribution is 7.89. The van der Waals surface area contributed by atoms with E-state index in [9.17, 15) is 18.5 Å². The van der Waals surface area contributed by atoms with E-state index in [4.69, 9.17) is 0 Å². The van der Waals surface area contributed by atoms with Crippen LogP contribution in [-0.2, 0) is 10.0 Å². The first kappa shape index (κ1) is 21.9. The number of nitrogens with zero attached hydrogens (tertiary/aromatic N) is 4. The number of anilines is 1. The number of hydrogen-bond donors (Lipinski definition) is 1. The molecule has 2 aliphatic heterocycles. The molecule has 0 bridgehead atoms. The van der Waals surface area contributed by atoms with Crippen LogP contribution in [0.1, 0.15) is 26.2 Å². The second kappa shape index (κ2) is 9.38. The van der Waals surface area contributed by atoms with Gasteiger partial charge in [-0.05, 0) is 38.9 Å². The highest BCUT2D eigenvalue weighted by Crippen LogP contribution is 2.30. The Hall–Kier alpha value is -1.75. The van der Waals surface area contributed by atoms with E-state index in [-0.39, 0.29) is 16.6 Å². The van der Waals surface area contributed by atoms with Crippen molar-refractivity contribution in [3.8, 4) is 0 Å². The number of likely N-dealkylation sites (N-methyl/N-ethyl adjacent to an activating group) is 1. The first-order chi connectivity index (χ1) is 13.8. The lowest BCUT2D eigenvalue weighted by atomic mass is 10.2. The van der Waals surface area contributed by atoms with Crippen LogP contribution in [0.25, 0.3) is 0 Å². The lowest BCUT2D eigenvalue weighted by Gasteiger charge is -2.34. The van der Waals surface area contributed by atoms with Crippen LogP contribution < -0.4 is 5.32 Å². The summed E-state index contributed by atoms with van der Waals surface area (Å²) in [6.07, 6.45) is 2.66. The zero-order valence-corrected chi connectivity index (χ0v) is 18.0. The molecule has 2 aliphatic rings. The van der Waals surface area contributed by atoms with Crippen LogP contribution in [0.4, 0.5) is 11.4 Å². The molecule has 162 valence electrons. The Morgan fingerprint density at radius 2 is 1.76 bits per heavy atom. The molecule has 2 heterocycles. The van der Waals surface area contributed by atoms with Crippen LogP contribution in [0, 0.1) is 10.1 Å². The predicted molar refractivity (Wildman–Crippen MR) is 113 cm³/mol. The average Bonchev–Trinajstić information content (AvgIpc) is 2.70. The minimum Gasteiger partial charge on any atom is -0.376 e. The van der Waals surface area contributed by atoms with Crippen molar-refractivity contribution < 1.29 is 13.3 Å². The highest BCUT2D eigenvalue weighted by atomic mass is 32.2. The Morgan fingerprint density at radius 1 is 1.10 bits per heavy atom. The summed E-state index contributed by atoms with van der Waals surface area (Å²) in [5, 5.41) is 14.8. The normalized spacial score (nSPS) is 21.0. The number of benzene rings is 1. The third kappa shape index (κ3) is 5.44. The molecule has 0 radical (unpaired) electrons. The van der Waals surface area contributed by atoms with Crippen LogP contribution in [0.5, 0.6) is 0 Å². The van der Waals surface area contributed by atoms with Gasteiger partial charge in [0.15, 0.2) is 0 Å². The fourth-order valence-corrected chi connectivity index (χ4v) is 5.47. The van der Waals surface area contributed by atoms with Crippen molar-refractivity contribution in [2.75, 3.05) is 58.2 Å². The lowest BCUT2D eigenvalue weighted by Crippen LogP contribution is -2.47. The van der Waals surface area contributed by atoms with Gasteiger partial charge in [-0.3, -0.25) is 15.0 Å². The van der Waals surface area contributed by atoms with Crippen molar-refractivity contribution in [3.63, 3.8) is 0 Å². The summed E-state index contributed by atoms with van der Waals surface area (Å²) in [5.74, 6) is 0. The number of sulfonamides is 1. The maximum Gasteiger partial charge on any atom is 0.293 e. The zero-order chi connectivity index (χ0) is 21.0. The van der Waals surface area contributed by atoms with E-state index in [1.165, 1.54) is 22.5 Å². The summed E-state index contributed by atoms with van der Waals surface area (Å²) in [6, 6.07) is 4.19. The summed E-state index contributed by atoms with van der Waals surface area (Å²) < 4.78 is 27.1. The minimum absolute atomic E-state index is 0.00153. The van der Waals surface area contributed by atoms with Gasteiger partial charge in [0.1, 0.15) is 5.69 Å². The van der Waals surface area contributed by atoms with Gasteiger partial charge in [-0.1, -0.05) is 6.42 Å². The van der Waals surface area contributed by atoms with Crippen molar-refractivity contribution in [2.24, 2.45) is 0 Å². The second-order valence-corrected chi connectivity index (χ2v) is 9.99. The Kier molecular flexibility index (Phi) is 7.10. The maximum absolute atomic E-state index is 12.9. The minimum atomic E-state index is -3.70. The van der Waals surface area contributed by atoms with Gasteiger partial charge in [-0.25, -0.2) is 8.42 Å². The zero-order valence-electron chi connectivity index (χ0n) is 17.2. The molecule has 1 unspecified atom stereocenters. The van der Waals surface area contributed by atoms with Crippen molar-refractivity contribution in [3.05, 3.63) is 28.3 Å². The van der Waals surface area contributed by atoms with E-state index in [0.29, 0.717) is 18.8 Å². The standard InChI is InChI=1S/C19H31N5O4S/c1-16(15-22-12-10-21(2)11-13-22)20-18-7-6-17(14-19(18)24(25)26)29(27,28)23-8-4-3-5-9-23/h6-7,14,16,20H,3-5,8-13,15H2,1-2H3. The molecule has 29 heavy (non-hydrogen) atoms.